The minimum atomic E-state index is -0.392. The molecule has 0 fully saturated rings. The second kappa shape index (κ2) is 7.01. The highest BCUT2D eigenvalue weighted by molar-refractivity contribution is 5.84. The van der Waals surface area contributed by atoms with E-state index in [0.29, 0.717) is 31.6 Å². The van der Waals surface area contributed by atoms with E-state index in [4.69, 9.17) is 4.74 Å². The van der Waals surface area contributed by atoms with Crippen LogP contribution in [0.4, 0.5) is 10.1 Å². The number of aldehydes is 1. The third-order valence-electron chi connectivity index (χ3n) is 2.55. The smallest absolute Gasteiger partial charge is 0.152 e. The molecular weight excluding hydrogens is 221 g/mol. The minimum Gasteiger partial charge on any atom is -0.380 e. The molecule has 0 N–H and O–H groups in total. The Morgan fingerprint density at radius 3 is 2.76 bits per heavy atom. The molecule has 0 saturated carbocycles. The van der Waals surface area contributed by atoms with Gasteiger partial charge in [-0.25, -0.2) is 4.39 Å². The molecule has 94 valence electrons. The van der Waals surface area contributed by atoms with Crippen LogP contribution in [0.1, 0.15) is 24.2 Å². The van der Waals surface area contributed by atoms with Crippen molar-refractivity contribution in [2.75, 3.05) is 31.2 Å². The standard InChI is InChI=1S/C13H18FNO2/c1-3-15(7-8-17-4-2)13-6-5-12(14)9-11(13)10-16/h5-6,9-10H,3-4,7-8H2,1-2H3. The van der Waals surface area contributed by atoms with Crippen LogP contribution in [-0.2, 0) is 4.74 Å². The van der Waals surface area contributed by atoms with Gasteiger partial charge in [0.05, 0.1) is 6.61 Å². The van der Waals surface area contributed by atoms with E-state index >= 15 is 0 Å². The molecule has 0 spiro atoms. The van der Waals surface area contributed by atoms with Gasteiger partial charge < -0.3 is 9.64 Å². The number of hydrogen-bond acceptors (Lipinski definition) is 3. The Balaban J connectivity index is 2.83. The van der Waals surface area contributed by atoms with Gasteiger partial charge in [-0.3, -0.25) is 4.79 Å². The third kappa shape index (κ3) is 3.82. The normalized spacial score (nSPS) is 10.3. The van der Waals surface area contributed by atoms with Crippen LogP contribution in [0.3, 0.4) is 0 Å². The van der Waals surface area contributed by atoms with Crippen LogP contribution in [-0.4, -0.2) is 32.6 Å². The molecule has 0 aliphatic rings. The largest absolute Gasteiger partial charge is 0.380 e. The molecule has 0 atom stereocenters. The van der Waals surface area contributed by atoms with Crippen LogP contribution in [0.25, 0.3) is 0 Å². The van der Waals surface area contributed by atoms with Gasteiger partial charge in [-0.15, -0.1) is 0 Å². The Hall–Kier alpha value is -1.42. The molecule has 4 heteroatoms. The Morgan fingerprint density at radius 2 is 2.18 bits per heavy atom. The summed E-state index contributed by atoms with van der Waals surface area (Å²) in [7, 11) is 0. The van der Waals surface area contributed by atoms with Gasteiger partial charge in [-0.1, -0.05) is 0 Å². The van der Waals surface area contributed by atoms with Crippen molar-refractivity contribution >= 4 is 12.0 Å². The van der Waals surface area contributed by atoms with Crippen LogP contribution in [0.5, 0.6) is 0 Å². The molecule has 0 saturated heterocycles. The number of carbonyl (C=O) groups is 1. The van der Waals surface area contributed by atoms with E-state index in [9.17, 15) is 9.18 Å². The molecule has 1 rings (SSSR count). The Kier molecular flexibility index (Phi) is 5.63. The maximum atomic E-state index is 13.0. The van der Waals surface area contributed by atoms with Crippen molar-refractivity contribution in [3.8, 4) is 0 Å². The van der Waals surface area contributed by atoms with E-state index in [-0.39, 0.29) is 0 Å². The van der Waals surface area contributed by atoms with Crippen LogP contribution in [0.15, 0.2) is 18.2 Å². The maximum absolute atomic E-state index is 13.0. The monoisotopic (exact) mass is 239 g/mol. The first-order valence-electron chi connectivity index (χ1n) is 5.80. The number of benzene rings is 1. The number of hydrogen-bond donors (Lipinski definition) is 0. The molecule has 1 aromatic carbocycles. The molecule has 0 aromatic heterocycles. The number of carbonyl (C=O) groups excluding carboxylic acids is 1. The van der Waals surface area contributed by atoms with Crippen LogP contribution in [0.2, 0.25) is 0 Å². The second-order valence-electron chi connectivity index (χ2n) is 3.60. The van der Waals surface area contributed by atoms with Crippen LogP contribution >= 0.6 is 0 Å². The lowest BCUT2D eigenvalue weighted by Crippen LogP contribution is -2.28. The predicted molar refractivity (Wildman–Crippen MR) is 66.2 cm³/mol. The topological polar surface area (TPSA) is 29.5 Å². The summed E-state index contributed by atoms with van der Waals surface area (Å²) < 4.78 is 18.3. The average molecular weight is 239 g/mol. The fraction of sp³-hybridized carbons (Fsp3) is 0.462. The second-order valence-corrected chi connectivity index (χ2v) is 3.60. The molecule has 0 unspecified atom stereocenters. The zero-order valence-electron chi connectivity index (χ0n) is 10.3. The summed E-state index contributed by atoms with van der Waals surface area (Å²) in [6.07, 6.45) is 0.682. The first kappa shape index (κ1) is 13.6. The third-order valence-corrected chi connectivity index (χ3v) is 2.55. The van der Waals surface area contributed by atoms with Crippen molar-refractivity contribution < 1.29 is 13.9 Å². The van der Waals surface area contributed by atoms with Crippen molar-refractivity contribution in [2.24, 2.45) is 0 Å². The van der Waals surface area contributed by atoms with Crippen molar-refractivity contribution in [1.82, 2.24) is 0 Å². The number of anilines is 1. The van der Waals surface area contributed by atoms with Crippen molar-refractivity contribution in [1.29, 1.82) is 0 Å². The molecular formula is C13H18FNO2. The summed E-state index contributed by atoms with van der Waals surface area (Å²) in [4.78, 5) is 12.9. The highest BCUT2D eigenvalue weighted by atomic mass is 19.1. The minimum absolute atomic E-state index is 0.378. The van der Waals surface area contributed by atoms with E-state index in [1.165, 1.54) is 12.1 Å². The van der Waals surface area contributed by atoms with E-state index in [1.807, 2.05) is 18.7 Å². The number of nitrogens with zero attached hydrogens (tertiary/aromatic N) is 1. The fourth-order valence-electron chi connectivity index (χ4n) is 1.68. The molecule has 0 radical (unpaired) electrons. The van der Waals surface area contributed by atoms with Crippen LogP contribution in [0, 0.1) is 5.82 Å². The summed E-state index contributed by atoms with van der Waals surface area (Å²) in [6.45, 7) is 6.63. The molecule has 0 bridgehead atoms. The molecule has 1 aromatic rings. The Bertz CT molecular complexity index is 368. The van der Waals surface area contributed by atoms with Gasteiger partial charge in [0.15, 0.2) is 6.29 Å². The number of likely N-dealkylation sites (N-methyl/N-ethyl adjacent to an activating group) is 1. The van der Waals surface area contributed by atoms with Gasteiger partial charge in [-0.05, 0) is 32.0 Å². The Morgan fingerprint density at radius 1 is 1.41 bits per heavy atom. The zero-order chi connectivity index (χ0) is 12.7. The lowest BCUT2D eigenvalue weighted by atomic mass is 10.1. The van der Waals surface area contributed by atoms with Gasteiger partial charge in [0, 0.05) is 30.9 Å². The summed E-state index contributed by atoms with van der Waals surface area (Å²) in [5, 5.41) is 0. The van der Waals surface area contributed by atoms with Gasteiger partial charge >= 0.3 is 0 Å². The van der Waals surface area contributed by atoms with Crippen molar-refractivity contribution in [3.63, 3.8) is 0 Å². The lowest BCUT2D eigenvalue weighted by Gasteiger charge is -2.24. The lowest BCUT2D eigenvalue weighted by molar-refractivity contribution is 0.112. The van der Waals surface area contributed by atoms with E-state index < -0.39 is 5.82 Å². The summed E-state index contributed by atoms with van der Waals surface area (Å²) >= 11 is 0. The molecule has 0 aliphatic heterocycles. The SMILES string of the molecule is CCOCCN(CC)c1ccc(F)cc1C=O. The average Bonchev–Trinajstić information content (AvgIpc) is 2.35. The van der Waals surface area contributed by atoms with E-state index in [0.717, 1.165) is 12.2 Å². The molecule has 0 aliphatic carbocycles. The predicted octanol–water partition coefficient (Wildman–Crippen LogP) is 2.50. The van der Waals surface area contributed by atoms with Gasteiger partial charge in [-0.2, -0.15) is 0 Å². The quantitative estimate of drug-likeness (QED) is 0.541. The summed E-state index contributed by atoms with van der Waals surface area (Å²) in [5.74, 6) is -0.392. The van der Waals surface area contributed by atoms with E-state index in [2.05, 4.69) is 0 Å². The summed E-state index contributed by atoms with van der Waals surface area (Å²) in [5.41, 5.74) is 1.13. The fourth-order valence-corrected chi connectivity index (χ4v) is 1.68. The van der Waals surface area contributed by atoms with Gasteiger partial charge in [0.2, 0.25) is 0 Å². The van der Waals surface area contributed by atoms with E-state index in [1.54, 1.807) is 6.07 Å². The van der Waals surface area contributed by atoms with Gasteiger partial charge in [0.1, 0.15) is 5.82 Å². The van der Waals surface area contributed by atoms with Gasteiger partial charge in [0.25, 0.3) is 0 Å². The molecule has 0 heterocycles. The zero-order valence-corrected chi connectivity index (χ0v) is 10.3. The highest BCUT2D eigenvalue weighted by Crippen LogP contribution is 2.19. The maximum Gasteiger partial charge on any atom is 0.152 e. The number of halogens is 1. The van der Waals surface area contributed by atoms with Crippen LogP contribution < -0.4 is 4.90 Å². The Labute approximate surface area is 101 Å². The number of rotatable bonds is 7. The number of ether oxygens (including phenoxy) is 1. The van der Waals surface area contributed by atoms with Crippen molar-refractivity contribution in [3.05, 3.63) is 29.6 Å². The molecule has 0 amide bonds. The first-order chi connectivity index (χ1) is 8.22. The highest BCUT2D eigenvalue weighted by Gasteiger charge is 2.10. The summed E-state index contributed by atoms with van der Waals surface area (Å²) in [6, 6.07) is 4.26. The first-order valence-corrected chi connectivity index (χ1v) is 5.80. The van der Waals surface area contributed by atoms with Crippen molar-refractivity contribution in [2.45, 2.75) is 13.8 Å². The molecule has 17 heavy (non-hydrogen) atoms. The molecule has 3 nitrogen and oxygen atoms in total.